The van der Waals surface area contributed by atoms with Crippen molar-refractivity contribution < 1.29 is 4.79 Å². The van der Waals surface area contributed by atoms with E-state index in [9.17, 15) is 9.59 Å². The molecule has 6 heteroatoms. The molecule has 31 heavy (non-hydrogen) atoms. The molecular weight excluding hydrogens is 410 g/mol. The molecule has 0 aromatic carbocycles. The Labute approximate surface area is 189 Å². The highest BCUT2D eigenvalue weighted by molar-refractivity contribution is 6.21. The van der Waals surface area contributed by atoms with Crippen LogP contribution >= 0.6 is 11.6 Å². The Morgan fingerprint density at radius 1 is 1.13 bits per heavy atom. The van der Waals surface area contributed by atoms with Crippen LogP contribution in [0.5, 0.6) is 0 Å². The fraction of sp³-hybridized carbons (Fsp3) is 0.640. The number of hydrogen-bond acceptors (Lipinski definition) is 3. The molecule has 6 unspecified atom stereocenters. The number of pyridine rings is 2. The summed E-state index contributed by atoms with van der Waals surface area (Å²) in [4.78, 5) is 30.6. The van der Waals surface area contributed by atoms with Crippen molar-refractivity contribution in [3.05, 3.63) is 39.9 Å². The fourth-order valence-electron chi connectivity index (χ4n) is 5.47. The minimum absolute atomic E-state index is 0.0133. The van der Waals surface area contributed by atoms with Gasteiger partial charge in [0.15, 0.2) is 0 Å². The first-order valence-electron chi connectivity index (χ1n) is 11.6. The molecule has 2 heterocycles. The van der Waals surface area contributed by atoms with E-state index in [2.05, 4.69) is 24.1 Å². The van der Waals surface area contributed by atoms with E-state index in [0.717, 1.165) is 60.7 Å². The van der Waals surface area contributed by atoms with Crippen molar-refractivity contribution in [2.24, 2.45) is 24.8 Å². The number of carbonyl (C=O) groups is 1. The summed E-state index contributed by atoms with van der Waals surface area (Å²) in [7, 11) is 1.84. The van der Waals surface area contributed by atoms with Crippen LogP contribution < -0.4 is 10.9 Å². The van der Waals surface area contributed by atoms with Gasteiger partial charge in [-0.2, -0.15) is 0 Å². The molecule has 4 rings (SSSR count). The highest BCUT2D eigenvalue weighted by Gasteiger charge is 2.35. The van der Waals surface area contributed by atoms with Crippen molar-refractivity contribution in [3.63, 3.8) is 0 Å². The van der Waals surface area contributed by atoms with Gasteiger partial charge in [0.1, 0.15) is 0 Å². The summed E-state index contributed by atoms with van der Waals surface area (Å²) in [5.74, 6) is 1.17. The van der Waals surface area contributed by atoms with Gasteiger partial charge < -0.3 is 9.88 Å². The van der Waals surface area contributed by atoms with E-state index in [1.807, 2.05) is 32.3 Å². The van der Waals surface area contributed by atoms with Gasteiger partial charge >= 0.3 is 0 Å². The molecule has 0 spiro atoms. The number of nitrogens with zero attached hydrogens (tertiary/aromatic N) is 2. The number of fused-ring (bicyclic) bond motifs is 1. The van der Waals surface area contributed by atoms with Crippen molar-refractivity contribution in [2.75, 3.05) is 0 Å². The van der Waals surface area contributed by atoms with Gasteiger partial charge in [-0.25, -0.2) is 0 Å². The maximum absolute atomic E-state index is 13.2. The zero-order valence-electron chi connectivity index (χ0n) is 19.0. The summed E-state index contributed by atoms with van der Waals surface area (Å²) in [5, 5.41) is 4.38. The van der Waals surface area contributed by atoms with Gasteiger partial charge in [-0.15, -0.1) is 11.6 Å². The van der Waals surface area contributed by atoms with E-state index in [0.29, 0.717) is 11.8 Å². The van der Waals surface area contributed by atoms with E-state index in [4.69, 9.17) is 11.6 Å². The highest BCUT2D eigenvalue weighted by Crippen LogP contribution is 2.38. The summed E-state index contributed by atoms with van der Waals surface area (Å²) in [5.41, 5.74) is 2.73. The van der Waals surface area contributed by atoms with Crippen LogP contribution in [0.1, 0.15) is 69.5 Å². The predicted octanol–water partition coefficient (Wildman–Crippen LogP) is 4.67. The number of amides is 1. The van der Waals surface area contributed by atoms with Crippen molar-refractivity contribution in [2.45, 2.75) is 76.6 Å². The second-order valence-electron chi connectivity index (χ2n) is 9.95. The van der Waals surface area contributed by atoms with E-state index in [1.165, 1.54) is 0 Å². The van der Waals surface area contributed by atoms with E-state index in [-0.39, 0.29) is 34.7 Å². The van der Waals surface area contributed by atoms with Crippen molar-refractivity contribution in [3.8, 4) is 0 Å². The molecule has 2 aromatic rings. The highest BCUT2D eigenvalue weighted by atomic mass is 35.5. The zero-order chi connectivity index (χ0) is 22.3. The molecule has 5 nitrogen and oxygen atoms in total. The SMILES string of the molecule is Cc1cc2c(cn1)cc(C1CC(NC(=O)C3CCC(C)C(Cl)C3)CCC1C)c(=O)n2C. The Morgan fingerprint density at radius 2 is 1.87 bits per heavy atom. The Balaban J connectivity index is 1.53. The van der Waals surface area contributed by atoms with Crippen molar-refractivity contribution in [1.82, 2.24) is 14.9 Å². The summed E-state index contributed by atoms with van der Waals surface area (Å²) < 4.78 is 1.75. The first-order valence-corrected chi connectivity index (χ1v) is 12.1. The molecule has 168 valence electrons. The molecule has 2 aliphatic carbocycles. The normalized spacial score (nSPS) is 31.5. The Bertz CT molecular complexity index is 1030. The lowest BCUT2D eigenvalue weighted by atomic mass is 9.74. The first kappa shape index (κ1) is 22.3. The summed E-state index contributed by atoms with van der Waals surface area (Å²) in [6.45, 7) is 6.33. The maximum Gasteiger partial charge on any atom is 0.254 e. The molecule has 0 aliphatic heterocycles. The van der Waals surface area contributed by atoms with Crippen LogP contribution in [-0.4, -0.2) is 26.9 Å². The third-order valence-corrected chi connectivity index (χ3v) is 8.29. The molecule has 6 atom stereocenters. The lowest BCUT2D eigenvalue weighted by Crippen LogP contribution is -2.44. The largest absolute Gasteiger partial charge is 0.353 e. The van der Waals surface area contributed by atoms with E-state index in [1.54, 1.807) is 4.57 Å². The molecule has 1 amide bonds. The van der Waals surface area contributed by atoms with Crippen LogP contribution in [0.2, 0.25) is 0 Å². The fourth-order valence-corrected chi connectivity index (χ4v) is 5.81. The zero-order valence-corrected chi connectivity index (χ0v) is 19.8. The summed E-state index contributed by atoms with van der Waals surface area (Å²) in [6, 6.07) is 4.09. The second kappa shape index (κ2) is 8.93. The van der Waals surface area contributed by atoms with E-state index < -0.39 is 0 Å². The third kappa shape index (κ3) is 4.52. The van der Waals surface area contributed by atoms with Crippen LogP contribution in [0.15, 0.2) is 23.1 Å². The first-order chi connectivity index (χ1) is 14.7. The molecule has 2 fully saturated rings. The lowest BCUT2D eigenvalue weighted by Gasteiger charge is -2.36. The van der Waals surface area contributed by atoms with Crippen LogP contribution in [0.25, 0.3) is 10.9 Å². The number of rotatable bonds is 3. The molecule has 1 N–H and O–H groups in total. The monoisotopic (exact) mass is 443 g/mol. The topological polar surface area (TPSA) is 64.0 Å². The van der Waals surface area contributed by atoms with Gasteiger partial charge in [0.05, 0.1) is 5.52 Å². The Morgan fingerprint density at radius 3 is 2.61 bits per heavy atom. The Hall–Kier alpha value is -1.88. The average molecular weight is 444 g/mol. The van der Waals surface area contributed by atoms with Crippen LogP contribution in [0.4, 0.5) is 0 Å². The van der Waals surface area contributed by atoms with Crippen molar-refractivity contribution >= 4 is 28.4 Å². The maximum atomic E-state index is 13.2. The molecule has 2 saturated carbocycles. The number of alkyl halides is 1. The van der Waals surface area contributed by atoms with Gasteiger partial charge in [0, 0.05) is 47.2 Å². The lowest BCUT2D eigenvalue weighted by molar-refractivity contribution is -0.127. The van der Waals surface area contributed by atoms with E-state index >= 15 is 0 Å². The van der Waals surface area contributed by atoms with Crippen LogP contribution in [0, 0.1) is 24.7 Å². The van der Waals surface area contributed by atoms with Crippen LogP contribution in [0.3, 0.4) is 0 Å². The van der Waals surface area contributed by atoms with Gasteiger partial charge in [0.2, 0.25) is 5.91 Å². The number of nitrogens with one attached hydrogen (secondary N) is 1. The average Bonchev–Trinajstić information content (AvgIpc) is 2.74. The van der Waals surface area contributed by atoms with Gasteiger partial charge in [-0.3, -0.25) is 14.6 Å². The Kier molecular flexibility index (Phi) is 6.43. The molecule has 0 saturated heterocycles. The third-order valence-electron chi connectivity index (χ3n) is 7.68. The van der Waals surface area contributed by atoms with Gasteiger partial charge in [-0.05, 0) is 75.3 Å². The number of hydrogen-bond donors (Lipinski definition) is 1. The smallest absolute Gasteiger partial charge is 0.254 e. The minimum Gasteiger partial charge on any atom is -0.353 e. The molecule has 0 radical (unpaired) electrons. The van der Waals surface area contributed by atoms with Gasteiger partial charge in [-0.1, -0.05) is 13.8 Å². The quantitative estimate of drug-likeness (QED) is 0.701. The predicted molar refractivity (Wildman–Crippen MR) is 126 cm³/mol. The standard InChI is InChI=1S/C25H34ClN3O2/c1-14-6-8-19(28-24(30)17-7-5-15(2)22(26)11-17)12-20(14)21-10-18-13-27-16(3)9-23(18)29(4)25(21)31/h9-10,13-15,17,19-20,22H,5-8,11-12H2,1-4H3,(H,28,30). The molecular formula is C25H34ClN3O2. The number of carbonyl (C=O) groups excluding carboxylic acids is 1. The molecule has 2 aliphatic rings. The van der Waals surface area contributed by atoms with Gasteiger partial charge in [0.25, 0.3) is 5.56 Å². The molecule has 0 bridgehead atoms. The number of halogens is 1. The number of aromatic nitrogens is 2. The van der Waals surface area contributed by atoms with Crippen LogP contribution in [-0.2, 0) is 11.8 Å². The summed E-state index contributed by atoms with van der Waals surface area (Å²) >= 11 is 6.44. The molecule has 2 aromatic heterocycles. The second-order valence-corrected chi connectivity index (χ2v) is 10.5. The number of aryl methyl sites for hydroxylation is 2. The van der Waals surface area contributed by atoms with Crippen molar-refractivity contribution in [1.29, 1.82) is 0 Å². The minimum atomic E-state index is 0.0133. The summed E-state index contributed by atoms with van der Waals surface area (Å²) in [6.07, 6.45) is 7.32.